The number of hydrogen-bond acceptors (Lipinski definition) is 9. The third kappa shape index (κ3) is 5.40. The van der Waals surface area contributed by atoms with Crippen molar-refractivity contribution in [3.63, 3.8) is 0 Å². The summed E-state index contributed by atoms with van der Waals surface area (Å²) in [5.74, 6) is 0.793. The first-order chi connectivity index (χ1) is 17.5. The van der Waals surface area contributed by atoms with Gasteiger partial charge in [-0.25, -0.2) is 4.98 Å². The van der Waals surface area contributed by atoms with Crippen LogP contribution in [0.15, 0.2) is 41.1 Å². The molecule has 0 aliphatic carbocycles. The number of aromatic nitrogens is 3. The fourth-order valence-corrected chi connectivity index (χ4v) is 5.85. The monoisotopic (exact) mass is 547 g/mol. The third-order valence-electron chi connectivity index (χ3n) is 6.15. The molecule has 3 aromatic rings. The molecule has 12 heteroatoms. The number of methoxy groups -OCH3 is 1. The molecule has 4 heterocycles. The number of likely N-dealkylation sites (tertiary alicyclic amines) is 1. The molecule has 5 rings (SSSR count). The zero-order valence-electron chi connectivity index (χ0n) is 19.4. The highest BCUT2D eigenvalue weighted by molar-refractivity contribution is 7.10. The second-order valence-electron chi connectivity index (χ2n) is 8.39. The molecule has 0 N–H and O–H groups in total. The van der Waals surface area contributed by atoms with Gasteiger partial charge in [0.25, 0.3) is 5.91 Å². The first kappa shape index (κ1) is 24.7. The maximum absolute atomic E-state index is 12.6. The van der Waals surface area contributed by atoms with Crippen LogP contribution in [0.25, 0.3) is 0 Å². The fraction of sp³-hybridized carbons (Fsp3) is 0.375. The van der Waals surface area contributed by atoms with E-state index in [1.54, 1.807) is 29.5 Å². The maximum atomic E-state index is 12.6. The number of rotatable bonds is 7. The molecule has 2 aliphatic rings. The number of ether oxygens (including phenoxy) is 2. The minimum absolute atomic E-state index is 0.0837. The van der Waals surface area contributed by atoms with Crippen molar-refractivity contribution < 1.29 is 19.1 Å². The van der Waals surface area contributed by atoms with Crippen LogP contribution in [0.5, 0.6) is 11.8 Å². The summed E-state index contributed by atoms with van der Waals surface area (Å²) in [6, 6.07) is 5.39. The highest BCUT2D eigenvalue weighted by Gasteiger charge is 2.30. The highest BCUT2D eigenvalue weighted by Crippen LogP contribution is 2.39. The van der Waals surface area contributed by atoms with Crippen LogP contribution in [0.3, 0.4) is 0 Å². The van der Waals surface area contributed by atoms with E-state index in [0.29, 0.717) is 35.4 Å². The van der Waals surface area contributed by atoms with Crippen LogP contribution in [-0.4, -0.2) is 58.3 Å². The molecule has 0 radical (unpaired) electrons. The van der Waals surface area contributed by atoms with Gasteiger partial charge in [0.05, 0.1) is 30.2 Å². The molecule has 1 fully saturated rings. The summed E-state index contributed by atoms with van der Waals surface area (Å²) >= 11 is 14.3. The smallest absolute Gasteiger partial charge is 0.260 e. The first-order valence-corrected chi connectivity index (χ1v) is 13.0. The Hall–Kier alpha value is -2.95. The largest absolute Gasteiger partial charge is 0.480 e. The van der Waals surface area contributed by atoms with E-state index >= 15 is 0 Å². The Balaban J connectivity index is 1.13. The van der Waals surface area contributed by atoms with Gasteiger partial charge in [-0.1, -0.05) is 34.4 Å². The van der Waals surface area contributed by atoms with Crippen molar-refractivity contribution in [1.82, 2.24) is 19.9 Å². The number of benzene rings is 1. The molecule has 1 saturated heterocycles. The SMILES string of the molecule is COc1cncc(OCC(=O)N2CCC(c3nc(C4=NOC(c5c(Cl)cccc5Cl)C4)cs3)CC2)n1. The number of carbonyl (C=O) groups is 1. The number of carbonyl (C=O) groups excluding carboxylic acids is 1. The minimum Gasteiger partial charge on any atom is -0.480 e. The topological polar surface area (TPSA) is 99.0 Å². The Kier molecular flexibility index (Phi) is 7.54. The van der Waals surface area contributed by atoms with Gasteiger partial charge >= 0.3 is 0 Å². The third-order valence-corrected chi connectivity index (χ3v) is 7.81. The lowest BCUT2D eigenvalue weighted by Gasteiger charge is -2.31. The molecule has 188 valence electrons. The molecule has 1 aromatic carbocycles. The predicted octanol–water partition coefficient (Wildman–Crippen LogP) is 4.90. The zero-order valence-corrected chi connectivity index (χ0v) is 21.7. The van der Waals surface area contributed by atoms with Crippen molar-refractivity contribution in [3.8, 4) is 11.8 Å². The van der Waals surface area contributed by atoms with Gasteiger partial charge in [0.1, 0.15) is 5.71 Å². The normalized spacial score (nSPS) is 18.0. The summed E-state index contributed by atoms with van der Waals surface area (Å²) in [6.07, 6.45) is 4.81. The lowest BCUT2D eigenvalue weighted by atomic mass is 9.97. The summed E-state index contributed by atoms with van der Waals surface area (Å²) in [4.78, 5) is 33.0. The average Bonchev–Trinajstić information content (AvgIpc) is 3.58. The van der Waals surface area contributed by atoms with E-state index in [4.69, 9.17) is 42.5 Å². The van der Waals surface area contributed by atoms with Crippen LogP contribution in [0.2, 0.25) is 10.0 Å². The average molecular weight is 548 g/mol. The number of piperidine rings is 1. The standard InChI is InChI=1S/C24H23Cl2N5O4S/c1-33-20-10-27-11-21(29-20)34-12-22(32)31-7-5-14(6-8-31)24-28-18(13-36-24)17-9-19(35-30-17)23-15(25)3-2-4-16(23)26/h2-4,10-11,13-14,19H,5-9,12H2,1H3. The lowest BCUT2D eigenvalue weighted by molar-refractivity contribution is -0.134. The van der Waals surface area contributed by atoms with Gasteiger partial charge in [0.2, 0.25) is 11.8 Å². The molecule has 1 unspecified atom stereocenters. The molecule has 0 saturated carbocycles. The predicted molar refractivity (Wildman–Crippen MR) is 136 cm³/mol. The first-order valence-electron chi connectivity index (χ1n) is 11.4. The van der Waals surface area contributed by atoms with Gasteiger partial charge in [-0.05, 0) is 25.0 Å². The lowest BCUT2D eigenvalue weighted by Crippen LogP contribution is -2.40. The molecule has 9 nitrogen and oxygen atoms in total. The number of oxime groups is 1. The van der Waals surface area contributed by atoms with E-state index < -0.39 is 0 Å². The molecule has 2 aromatic heterocycles. The molecular formula is C24H23Cl2N5O4S. The molecule has 0 bridgehead atoms. The summed E-state index contributed by atoms with van der Waals surface area (Å²) in [5, 5.41) is 8.43. The second kappa shape index (κ2) is 11.0. The van der Waals surface area contributed by atoms with Crippen molar-refractivity contribution in [2.75, 3.05) is 26.8 Å². The quantitative estimate of drug-likeness (QED) is 0.414. The number of amides is 1. The van der Waals surface area contributed by atoms with Crippen molar-refractivity contribution >= 4 is 46.2 Å². The van der Waals surface area contributed by atoms with E-state index in [1.807, 2.05) is 10.3 Å². The van der Waals surface area contributed by atoms with Crippen LogP contribution in [0.4, 0.5) is 0 Å². The summed E-state index contributed by atoms with van der Waals surface area (Å²) in [7, 11) is 1.50. The molecule has 36 heavy (non-hydrogen) atoms. The number of halogens is 2. The number of hydrogen-bond donors (Lipinski definition) is 0. The highest BCUT2D eigenvalue weighted by atomic mass is 35.5. The van der Waals surface area contributed by atoms with E-state index in [1.165, 1.54) is 19.5 Å². The molecule has 1 atom stereocenters. The van der Waals surface area contributed by atoms with Gasteiger partial charge in [-0.2, -0.15) is 4.98 Å². The van der Waals surface area contributed by atoms with Crippen LogP contribution in [0.1, 0.15) is 47.5 Å². The van der Waals surface area contributed by atoms with Crippen LogP contribution in [-0.2, 0) is 9.63 Å². The molecular weight excluding hydrogens is 525 g/mol. The Morgan fingerprint density at radius 1 is 1.17 bits per heavy atom. The van der Waals surface area contributed by atoms with Crippen molar-refractivity contribution in [2.24, 2.45) is 5.16 Å². The summed E-state index contributed by atoms with van der Waals surface area (Å²) in [6.45, 7) is 1.19. The molecule has 0 spiro atoms. The summed E-state index contributed by atoms with van der Waals surface area (Å²) in [5.41, 5.74) is 2.34. The van der Waals surface area contributed by atoms with E-state index in [-0.39, 0.29) is 30.4 Å². The summed E-state index contributed by atoms with van der Waals surface area (Å²) < 4.78 is 10.5. The van der Waals surface area contributed by atoms with Gasteiger partial charge in [0, 0.05) is 46.4 Å². The van der Waals surface area contributed by atoms with Crippen molar-refractivity contribution in [2.45, 2.75) is 31.3 Å². The van der Waals surface area contributed by atoms with Gasteiger partial charge < -0.3 is 19.2 Å². The van der Waals surface area contributed by atoms with Gasteiger partial charge in [-0.3, -0.25) is 9.78 Å². The Morgan fingerprint density at radius 2 is 1.92 bits per heavy atom. The van der Waals surface area contributed by atoms with Crippen LogP contribution in [0, 0.1) is 0 Å². The van der Waals surface area contributed by atoms with E-state index in [2.05, 4.69) is 15.1 Å². The fourth-order valence-electron chi connectivity index (χ4n) is 4.21. The number of nitrogens with zero attached hydrogens (tertiary/aromatic N) is 5. The van der Waals surface area contributed by atoms with E-state index in [0.717, 1.165) is 34.8 Å². The second-order valence-corrected chi connectivity index (χ2v) is 10.1. The van der Waals surface area contributed by atoms with Crippen LogP contribution < -0.4 is 9.47 Å². The van der Waals surface area contributed by atoms with Crippen molar-refractivity contribution in [3.05, 3.63) is 62.3 Å². The minimum atomic E-state index is -0.328. The Bertz CT molecular complexity index is 1260. The van der Waals surface area contributed by atoms with Crippen LogP contribution >= 0.6 is 34.5 Å². The molecule has 1 amide bonds. The number of thiazole rings is 1. The zero-order chi connectivity index (χ0) is 25.1. The van der Waals surface area contributed by atoms with E-state index in [9.17, 15) is 4.79 Å². The Morgan fingerprint density at radius 3 is 2.67 bits per heavy atom. The Labute approximate surface area is 222 Å². The maximum Gasteiger partial charge on any atom is 0.260 e. The van der Waals surface area contributed by atoms with Gasteiger partial charge in [0.15, 0.2) is 12.7 Å². The molecule has 2 aliphatic heterocycles. The van der Waals surface area contributed by atoms with Crippen molar-refractivity contribution in [1.29, 1.82) is 0 Å². The van der Waals surface area contributed by atoms with Gasteiger partial charge in [-0.15, -0.1) is 11.3 Å².